The van der Waals surface area contributed by atoms with E-state index < -0.39 is 0 Å². The van der Waals surface area contributed by atoms with Crippen LogP contribution in [0.15, 0.2) is 59.4 Å². The fourth-order valence-corrected chi connectivity index (χ4v) is 4.23. The van der Waals surface area contributed by atoms with Gasteiger partial charge in [0, 0.05) is 31.6 Å². The molecule has 32 heavy (non-hydrogen) atoms. The number of amides is 1. The van der Waals surface area contributed by atoms with Gasteiger partial charge in [-0.2, -0.15) is 5.10 Å². The van der Waals surface area contributed by atoms with E-state index in [1.54, 1.807) is 11.0 Å². The Hall–Kier alpha value is -2.99. The molecule has 6 heteroatoms. The highest BCUT2D eigenvalue weighted by molar-refractivity contribution is 6.04. The van der Waals surface area contributed by atoms with Gasteiger partial charge in [-0.15, -0.1) is 0 Å². The molecule has 0 spiro atoms. The number of aryl methyl sites for hydroxylation is 1. The van der Waals surface area contributed by atoms with Crippen molar-refractivity contribution in [3.05, 3.63) is 76.2 Å². The van der Waals surface area contributed by atoms with E-state index in [-0.39, 0.29) is 23.5 Å². The van der Waals surface area contributed by atoms with Gasteiger partial charge >= 0.3 is 0 Å². The highest BCUT2D eigenvalue weighted by Gasteiger charge is 2.30. The van der Waals surface area contributed by atoms with E-state index in [2.05, 4.69) is 29.4 Å². The molecule has 1 aromatic heterocycles. The van der Waals surface area contributed by atoms with Crippen molar-refractivity contribution in [3.63, 3.8) is 0 Å². The second-order valence-corrected chi connectivity index (χ2v) is 8.90. The molecule has 0 aliphatic carbocycles. The zero-order valence-corrected chi connectivity index (χ0v) is 18.9. The van der Waals surface area contributed by atoms with Gasteiger partial charge in [0.2, 0.25) is 0 Å². The Kier molecular flexibility index (Phi) is 7.00. The number of rotatable bonds is 8. The van der Waals surface area contributed by atoms with Crippen LogP contribution in [0.5, 0.6) is 0 Å². The minimum absolute atomic E-state index is 0.0440. The number of carbonyl (C=O) groups excluding carboxylic acids is 1. The van der Waals surface area contributed by atoms with Gasteiger partial charge in [0.25, 0.3) is 11.5 Å². The van der Waals surface area contributed by atoms with E-state index in [0.29, 0.717) is 42.7 Å². The average Bonchev–Trinajstić information content (AvgIpc) is 3.28. The third kappa shape index (κ3) is 5.07. The van der Waals surface area contributed by atoms with E-state index in [4.69, 9.17) is 4.74 Å². The van der Waals surface area contributed by atoms with Crippen LogP contribution in [0.3, 0.4) is 0 Å². The Morgan fingerprint density at radius 1 is 1.09 bits per heavy atom. The maximum Gasteiger partial charge on any atom is 0.275 e. The summed E-state index contributed by atoms with van der Waals surface area (Å²) in [6, 6.07) is 17.6. The predicted octanol–water partition coefficient (Wildman–Crippen LogP) is 3.92. The summed E-state index contributed by atoms with van der Waals surface area (Å²) in [6.07, 6.45) is 2.81. The Morgan fingerprint density at radius 2 is 1.81 bits per heavy atom. The molecular weight excluding hydrogens is 402 g/mol. The normalized spacial score (nSPS) is 16.2. The lowest BCUT2D eigenvalue weighted by molar-refractivity contribution is 0.0522. The lowest BCUT2D eigenvalue weighted by Crippen LogP contribution is -2.34. The van der Waals surface area contributed by atoms with Gasteiger partial charge in [-0.05, 0) is 36.8 Å². The van der Waals surface area contributed by atoms with Crippen LogP contribution >= 0.6 is 0 Å². The first-order valence-electron chi connectivity index (χ1n) is 11.5. The molecule has 2 aromatic carbocycles. The fraction of sp³-hybridized carbons (Fsp3) is 0.423. The second kappa shape index (κ2) is 10.1. The molecule has 3 aromatic rings. The van der Waals surface area contributed by atoms with Crippen molar-refractivity contribution in [1.29, 1.82) is 0 Å². The maximum absolute atomic E-state index is 13.4. The summed E-state index contributed by atoms with van der Waals surface area (Å²) in [6.45, 7) is 6.43. The number of carbonyl (C=O) groups is 1. The Morgan fingerprint density at radius 3 is 2.56 bits per heavy atom. The van der Waals surface area contributed by atoms with Gasteiger partial charge in [0.05, 0.1) is 11.5 Å². The van der Waals surface area contributed by atoms with Crippen molar-refractivity contribution in [3.8, 4) is 0 Å². The molecule has 1 fully saturated rings. The first kappa shape index (κ1) is 22.2. The van der Waals surface area contributed by atoms with Gasteiger partial charge in [0.15, 0.2) is 5.69 Å². The van der Waals surface area contributed by atoms with Gasteiger partial charge in [-0.25, -0.2) is 4.68 Å². The number of hydrogen-bond acceptors (Lipinski definition) is 4. The van der Waals surface area contributed by atoms with E-state index >= 15 is 0 Å². The number of aromatic nitrogens is 2. The molecule has 1 aliphatic heterocycles. The molecule has 0 bridgehead atoms. The highest BCUT2D eigenvalue weighted by atomic mass is 16.5. The quantitative estimate of drug-likeness (QED) is 0.505. The fourth-order valence-electron chi connectivity index (χ4n) is 4.23. The Labute approximate surface area is 188 Å². The molecule has 1 atom stereocenters. The van der Waals surface area contributed by atoms with Gasteiger partial charge in [0.1, 0.15) is 0 Å². The highest BCUT2D eigenvalue weighted by Crippen LogP contribution is 2.20. The van der Waals surface area contributed by atoms with Crippen LogP contribution < -0.4 is 5.56 Å². The van der Waals surface area contributed by atoms with Crippen molar-refractivity contribution >= 4 is 16.7 Å². The van der Waals surface area contributed by atoms with E-state index in [1.165, 1.54) is 10.2 Å². The monoisotopic (exact) mass is 433 g/mol. The van der Waals surface area contributed by atoms with Crippen molar-refractivity contribution in [1.82, 2.24) is 14.7 Å². The van der Waals surface area contributed by atoms with E-state index in [1.807, 2.05) is 38.1 Å². The lowest BCUT2D eigenvalue weighted by atomic mass is 10.1. The van der Waals surface area contributed by atoms with Crippen LogP contribution in [-0.2, 0) is 17.7 Å². The standard InChI is InChI=1S/C26H31N3O3/c1-19(2)17-29-25(30)23-13-7-6-12-22(23)24(27-29)26(31)28-15-14-21(18-28)32-16-8-11-20-9-4-3-5-10-20/h3-7,9-10,12-13,19,21H,8,11,14-18H2,1-2H3. The Balaban J connectivity index is 1.42. The number of nitrogens with zero attached hydrogens (tertiary/aromatic N) is 3. The summed E-state index contributed by atoms with van der Waals surface area (Å²) < 4.78 is 7.49. The van der Waals surface area contributed by atoms with Crippen LogP contribution in [-0.4, -0.2) is 46.4 Å². The minimum atomic E-state index is -0.146. The minimum Gasteiger partial charge on any atom is -0.376 e. The van der Waals surface area contributed by atoms with Crippen LogP contribution in [0.4, 0.5) is 0 Å². The molecular formula is C26H31N3O3. The van der Waals surface area contributed by atoms with Gasteiger partial charge < -0.3 is 9.64 Å². The topological polar surface area (TPSA) is 64.4 Å². The summed E-state index contributed by atoms with van der Waals surface area (Å²) >= 11 is 0. The molecule has 168 valence electrons. The van der Waals surface area contributed by atoms with E-state index in [9.17, 15) is 9.59 Å². The number of hydrogen-bond donors (Lipinski definition) is 0. The SMILES string of the molecule is CC(C)Cn1nc(C(=O)N2CCC(OCCCc3ccccc3)C2)c2ccccc2c1=O. The zero-order valence-electron chi connectivity index (χ0n) is 18.9. The van der Waals surface area contributed by atoms with Crippen molar-refractivity contribution < 1.29 is 9.53 Å². The average molecular weight is 434 g/mol. The first-order valence-corrected chi connectivity index (χ1v) is 11.5. The van der Waals surface area contributed by atoms with Crippen molar-refractivity contribution in [2.75, 3.05) is 19.7 Å². The molecule has 0 saturated carbocycles. The molecule has 1 unspecified atom stereocenters. The van der Waals surface area contributed by atoms with Crippen molar-refractivity contribution in [2.45, 2.75) is 45.8 Å². The number of ether oxygens (including phenoxy) is 1. The molecule has 6 nitrogen and oxygen atoms in total. The Bertz CT molecular complexity index is 1120. The third-order valence-electron chi connectivity index (χ3n) is 5.85. The summed E-state index contributed by atoms with van der Waals surface area (Å²) in [5.74, 6) is 0.124. The molecule has 0 radical (unpaired) electrons. The van der Waals surface area contributed by atoms with Crippen LogP contribution in [0.1, 0.15) is 42.7 Å². The summed E-state index contributed by atoms with van der Waals surface area (Å²) in [7, 11) is 0. The molecule has 2 heterocycles. The third-order valence-corrected chi connectivity index (χ3v) is 5.85. The summed E-state index contributed by atoms with van der Waals surface area (Å²) in [5.41, 5.74) is 1.52. The summed E-state index contributed by atoms with van der Waals surface area (Å²) in [4.78, 5) is 28.0. The van der Waals surface area contributed by atoms with E-state index in [0.717, 1.165) is 19.3 Å². The number of benzene rings is 2. The van der Waals surface area contributed by atoms with Crippen molar-refractivity contribution in [2.24, 2.45) is 5.92 Å². The lowest BCUT2D eigenvalue weighted by Gasteiger charge is -2.18. The summed E-state index contributed by atoms with van der Waals surface area (Å²) in [5, 5.41) is 5.65. The number of fused-ring (bicyclic) bond motifs is 1. The number of likely N-dealkylation sites (tertiary alicyclic amines) is 1. The molecule has 1 aliphatic rings. The molecule has 1 saturated heterocycles. The van der Waals surface area contributed by atoms with Crippen LogP contribution in [0.2, 0.25) is 0 Å². The van der Waals surface area contributed by atoms with Gasteiger partial charge in [-0.3, -0.25) is 9.59 Å². The maximum atomic E-state index is 13.4. The molecule has 0 N–H and O–H groups in total. The first-order chi connectivity index (χ1) is 15.5. The molecule has 1 amide bonds. The smallest absolute Gasteiger partial charge is 0.275 e. The molecule has 4 rings (SSSR count). The van der Waals surface area contributed by atoms with Crippen LogP contribution in [0.25, 0.3) is 10.8 Å². The second-order valence-electron chi connectivity index (χ2n) is 8.90. The van der Waals surface area contributed by atoms with Crippen LogP contribution in [0, 0.1) is 5.92 Å². The largest absolute Gasteiger partial charge is 0.376 e. The van der Waals surface area contributed by atoms with Gasteiger partial charge in [-0.1, -0.05) is 62.4 Å². The predicted molar refractivity (Wildman–Crippen MR) is 126 cm³/mol. The zero-order chi connectivity index (χ0) is 22.5.